The molecule has 0 saturated carbocycles. The van der Waals surface area contributed by atoms with E-state index in [0.717, 1.165) is 43.5 Å². The summed E-state index contributed by atoms with van der Waals surface area (Å²) in [5.41, 5.74) is 4.18. The van der Waals surface area contributed by atoms with Crippen LogP contribution in [0.15, 0.2) is 66.7 Å². The van der Waals surface area contributed by atoms with Gasteiger partial charge < -0.3 is 14.5 Å². The number of benzene rings is 2. The molecule has 3 rings (SSSR count). The number of carbonyl (C=O) groups is 1. The predicted octanol–water partition coefficient (Wildman–Crippen LogP) is 5.87. The first-order valence-corrected chi connectivity index (χ1v) is 12.0. The van der Waals surface area contributed by atoms with E-state index in [1.807, 2.05) is 25.9 Å². The summed E-state index contributed by atoms with van der Waals surface area (Å²) >= 11 is 0. The zero-order valence-electron chi connectivity index (χ0n) is 21.1. The quantitative estimate of drug-likeness (QED) is 0.450. The number of hydrogen-bond acceptors (Lipinski definition) is 3. The van der Waals surface area contributed by atoms with Gasteiger partial charge in [0, 0.05) is 45.1 Å². The van der Waals surface area contributed by atoms with Gasteiger partial charge in [0.1, 0.15) is 0 Å². The Morgan fingerprint density at radius 3 is 2.27 bits per heavy atom. The maximum absolute atomic E-state index is 13.1. The van der Waals surface area contributed by atoms with E-state index in [1.165, 1.54) is 5.56 Å². The second-order valence-corrected chi connectivity index (χ2v) is 10.5. The summed E-state index contributed by atoms with van der Waals surface area (Å²) in [6.45, 7) is 12.2. The molecule has 4 nitrogen and oxygen atoms in total. The van der Waals surface area contributed by atoms with Crippen LogP contribution in [-0.4, -0.2) is 43.7 Å². The summed E-state index contributed by atoms with van der Waals surface area (Å²) in [5, 5.41) is 0. The predicted molar refractivity (Wildman–Crippen MR) is 137 cm³/mol. The number of anilines is 1. The molecule has 0 unspecified atom stereocenters. The molecule has 1 heterocycles. The van der Waals surface area contributed by atoms with Crippen LogP contribution in [0.3, 0.4) is 0 Å². The molecule has 2 aromatic carbocycles. The normalized spacial score (nSPS) is 19.7. The van der Waals surface area contributed by atoms with Crippen LogP contribution in [-0.2, 0) is 22.5 Å². The van der Waals surface area contributed by atoms with Gasteiger partial charge in [-0.15, -0.1) is 0 Å². The van der Waals surface area contributed by atoms with Crippen molar-refractivity contribution in [2.45, 2.75) is 58.6 Å². The minimum atomic E-state index is -0.155. The summed E-state index contributed by atoms with van der Waals surface area (Å²) < 4.78 is 6.08. The summed E-state index contributed by atoms with van der Waals surface area (Å²) in [4.78, 5) is 17.1. The van der Waals surface area contributed by atoms with Gasteiger partial charge in [0.25, 0.3) is 0 Å². The van der Waals surface area contributed by atoms with E-state index >= 15 is 0 Å². The molecule has 0 bridgehead atoms. The van der Waals surface area contributed by atoms with E-state index in [0.29, 0.717) is 18.7 Å². The molecule has 0 radical (unpaired) electrons. The number of rotatable bonds is 9. The Morgan fingerprint density at radius 1 is 1.03 bits per heavy atom. The van der Waals surface area contributed by atoms with Gasteiger partial charge in [-0.05, 0) is 75.1 Å². The molecule has 1 saturated heterocycles. The van der Waals surface area contributed by atoms with Gasteiger partial charge >= 0.3 is 0 Å². The van der Waals surface area contributed by atoms with E-state index in [4.69, 9.17) is 4.74 Å². The topological polar surface area (TPSA) is 32.8 Å². The molecule has 0 N–H and O–H groups in total. The third-order valence-electron chi connectivity index (χ3n) is 6.74. The van der Waals surface area contributed by atoms with E-state index in [2.05, 4.69) is 79.9 Å². The molecule has 1 amide bonds. The first-order chi connectivity index (χ1) is 15.6. The summed E-state index contributed by atoms with van der Waals surface area (Å²) in [6.07, 6.45) is 3.95. The Hall–Kier alpha value is -2.59. The van der Waals surface area contributed by atoms with Crippen LogP contribution in [0.2, 0.25) is 0 Å². The zero-order chi connectivity index (χ0) is 24.1. The molecule has 1 aliphatic heterocycles. The maximum Gasteiger partial charge on any atom is 0.249 e. The summed E-state index contributed by atoms with van der Waals surface area (Å²) in [7, 11) is 4.07. The highest BCUT2D eigenvalue weighted by Gasteiger charge is 2.41. The molecule has 2 aromatic rings. The molecular weight excluding hydrogens is 408 g/mol. The summed E-state index contributed by atoms with van der Waals surface area (Å²) in [6, 6.07) is 19.2. The Bertz CT molecular complexity index is 934. The molecule has 4 heteroatoms. The average molecular weight is 449 g/mol. The minimum absolute atomic E-state index is 0.0351. The fourth-order valence-electron chi connectivity index (χ4n) is 5.08. The van der Waals surface area contributed by atoms with Crippen molar-refractivity contribution < 1.29 is 9.53 Å². The van der Waals surface area contributed by atoms with Gasteiger partial charge in [-0.25, -0.2) is 0 Å². The highest BCUT2D eigenvalue weighted by Crippen LogP contribution is 2.44. The lowest BCUT2D eigenvalue weighted by atomic mass is 9.68. The molecule has 1 aliphatic rings. The Labute approximate surface area is 200 Å². The van der Waals surface area contributed by atoms with Gasteiger partial charge in [0.2, 0.25) is 5.91 Å². The molecule has 0 aromatic heterocycles. The zero-order valence-corrected chi connectivity index (χ0v) is 21.1. The average Bonchev–Trinajstić information content (AvgIpc) is 2.76. The van der Waals surface area contributed by atoms with Crippen molar-refractivity contribution >= 4 is 11.6 Å². The van der Waals surface area contributed by atoms with Crippen LogP contribution in [0.1, 0.15) is 51.2 Å². The number of amides is 1. The smallest absolute Gasteiger partial charge is 0.249 e. The lowest BCUT2D eigenvalue weighted by Crippen LogP contribution is -2.44. The monoisotopic (exact) mass is 448 g/mol. The van der Waals surface area contributed by atoms with E-state index in [1.54, 1.807) is 0 Å². The van der Waals surface area contributed by atoms with E-state index in [-0.39, 0.29) is 16.9 Å². The van der Waals surface area contributed by atoms with Crippen LogP contribution in [0.4, 0.5) is 5.69 Å². The van der Waals surface area contributed by atoms with Crippen molar-refractivity contribution in [2.75, 3.05) is 32.1 Å². The third-order valence-corrected chi connectivity index (χ3v) is 6.74. The van der Waals surface area contributed by atoms with Crippen molar-refractivity contribution in [3.8, 4) is 0 Å². The van der Waals surface area contributed by atoms with Crippen molar-refractivity contribution in [2.24, 2.45) is 5.41 Å². The van der Waals surface area contributed by atoms with Crippen molar-refractivity contribution in [1.82, 2.24) is 4.90 Å². The Morgan fingerprint density at radius 2 is 1.70 bits per heavy atom. The largest absolute Gasteiger partial charge is 0.378 e. The molecule has 33 heavy (non-hydrogen) atoms. The molecule has 1 atom stereocenters. The van der Waals surface area contributed by atoms with Gasteiger partial charge in [0.05, 0.1) is 5.60 Å². The fourth-order valence-corrected chi connectivity index (χ4v) is 5.08. The SMILES string of the molecule is C=C(C)C(=O)N(CC[C@@]1(Cc2ccccc2)CCOC(C)(C)C1)Cc1ccc(N(C)C)cc1. The molecule has 178 valence electrons. The Balaban J connectivity index is 1.80. The van der Waals surface area contributed by atoms with Crippen molar-refractivity contribution in [1.29, 1.82) is 0 Å². The Kier molecular flexibility index (Phi) is 8.01. The van der Waals surface area contributed by atoms with E-state index in [9.17, 15) is 4.79 Å². The number of hydrogen-bond donors (Lipinski definition) is 0. The van der Waals surface area contributed by atoms with Gasteiger partial charge in [-0.2, -0.15) is 0 Å². The van der Waals surface area contributed by atoms with Crippen LogP contribution in [0, 0.1) is 5.41 Å². The number of nitrogens with zero attached hydrogens (tertiary/aromatic N) is 2. The first kappa shape index (κ1) is 25.0. The van der Waals surface area contributed by atoms with Crippen LogP contribution >= 0.6 is 0 Å². The van der Waals surface area contributed by atoms with Gasteiger partial charge in [-0.3, -0.25) is 4.79 Å². The van der Waals surface area contributed by atoms with Crippen LogP contribution in [0.5, 0.6) is 0 Å². The van der Waals surface area contributed by atoms with Crippen LogP contribution < -0.4 is 4.90 Å². The van der Waals surface area contributed by atoms with E-state index < -0.39 is 0 Å². The van der Waals surface area contributed by atoms with Crippen molar-refractivity contribution in [3.05, 3.63) is 77.9 Å². The fraction of sp³-hybridized carbons (Fsp3) is 0.483. The number of carbonyl (C=O) groups excluding carboxylic acids is 1. The lowest BCUT2D eigenvalue weighted by molar-refractivity contribution is -0.130. The second-order valence-electron chi connectivity index (χ2n) is 10.5. The molecular formula is C29H40N2O2. The third kappa shape index (κ3) is 6.94. The second kappa shape index (κ2) is 10.6. The highest BCUT2D eigenvalue weighted by molar-refractivity contribution is 5.92. The van der Waals surface area contributed by atoms with Gasteiger partial charge in [0.15, 0.2) is 0 Å². The molecule has 0 aliphatic carbocycles. The number of ether oxygens (including phenoxy) is 1. The first-order valence-electron chi connectivity index (χ1n) is 12.0. The van der Waals surface area contributed by atoms with Crippen molar-refractivity contribution in [3.63, 3.8) is 0 Å². The van der Waals surface area contributed by atoms with Crippen LogP contribution in [0.25, 0.3) is 0 Å². The lowest BCUT2D eigenvalue weighted by Gasteiger charge is -2.46. The highest BCUT2D eigenvalue weighted by atomic mass is 16.5. The standard InChI is InChI=1S/C29H40N2O2/c1-23(2)27(32)31(21-25-12-14-26(15-13-25)30(5)6)18-16-29(17-19-33-28(3,4)22-29)20-24-10-8-7-9-11-24/h7-15H,1,16-22H2,2-6H3/t29-/m0/s1. The molecule has 0 spiro atoms. The molecule has 1 fully saturated rings. The van der Waals surface area contributed by atoms with Gasteiger partial charge in [-0.1, -0.05) is 49.0 Å². The summed E-state index contributed by atoms with van der Waals surface area (Å²) in [5.74, 6) is 0.0351. The maximum atomic E-state index is 13.1. The minimum Gasteiger partial charge on any atom is -0.378 e.